The van der Waals surface area contributed by atoms with Gasteiger partial charge in [0.2, 0.25) is 0 Å². The van der Waals surface area contributed by atoms with Crippen molar-refractivity contribution in [2.75, 3.05) is 11.9 Å². The number of nitrogens with one attached hydrogen (secondary N) is 1. The number of carbonyl (C=O) groups excluding carboxylic acids is 1. The highest BCUT2D eigenvalue weighted by atomic mass is 32.1. The normalized spacial score (nSPS) is 12.2. The van der Waals surface area contributed by atoms with Gasteiger partial charge in [-0.1, -0.05) is 59.7 Å². The standard InChI is InChI=1S/C28H34N2O3S/c1-27(2,3)21-16-20(17-22(25(21)31)28(4,5)6)26(32)33-14-13-19-10-7-8-11-23(19)29-18-30-24-12-9-15-34-24/h7-12,15-18,31H,13-14H2,1-6H3,(H,29,30). The molecule has 0 aliphatic rings. The maximum atomic E-state index is 13.0. The van der Waals surface area contributed by atoms with Gasteiger partial charge in [0.05, 0.1) is 18.5 Å². The van der Waals surface area contributed by atoms with E-state index < -0.39 is 0 Å². The number of anilines is 1. The number of benzene rings is 2. The van der Waals surface area contributed by atoms with Crippen LogP contribution in [0.1, 0.15) is 68.6 Å². The molecule has 34 heavy (non-hydrogen) atoms. The maximum Gasteiger partial charge on any atom is 0.338 e. The molecule has 0 amide bonds. The van der Waals surface area contributed by atoms with Crippen LogP contribution < -0.4 is 5.32 Å². The van der Waals surface area contributed by atoms with Crippen molar-refractivity contribution in [1.29, 1.82) is 0 Å². The van der Waals surface area contributed by atoms with Crippen molar-refractivity contribution in [2.45, 2.75) is 58.8 Å². The lowest BCUT2D eigenvalue weighted by atomic mass is 9.78. The Morgan fingerprint density at radius 3 is 2.26 bits per heavy atom. The summed E-state index contributed by atoms with van der Waals surface area (Å²) >= 11 is 1.57. The lowest BCUT2D eigenvalue weighted by Gasteiger charge is -2.28. The van der Waals surface area contributed by atoms with Crippen molar-refractivity contribution in [1.82, 2.24) is 0 Å². The summed E-state index contributed by atoms with van der Waals surface area (Å²) in [6, 6.07) is 15.3. The molecule has 0 aliphatic carbocycles. The van der Waals surface area contributed by atoms with Gasteiger partial charge in [0.15, 0.2) is 0 Å². The van der Waals surface area contributed by atoms with E-state index in [1.807, 2.05) is 83.3 Å². The van der Waals surface area contributed by atoms with E-state index in [0.29, 0.717) is 12.0 Å². The Morgan fingerprint density at radius 1 is 1.03 bits per heavy atom. The molecular weight excluding hydrogens is 444 g/mol. The highest BCUT2D eigenvalue weighted by molar-refractivity contribution is 7.13. The predicted molar refractivity (Wildman–Crippen MR) is 142 cm³/mol. The smallest absolute Gasteiger partial charge is 0.338 e. The Kier molecular flexibility index (Phi) is 7.82. The number of phenolic OH excluding ortho intramolecular Hbond substituents is 1. The van der Waals surface area contributed by atoms with Crippen molar-refractivity contribution in [2.24, 2.45) is 4.99 Å². The van der Waals surface area contributed by atoms with Gasteiger partial charge in [0, 0.05) is 23.2 Å². The zero-order valence-electron chi connectivity index (χ0n) is 20.8. The van der Waals surface area contributed by atoms with Crippen molar-refractivity contribution in [3.63, 3.8) is 0 Å². The Bertz CT molecular complexity index is 1120. The number of aromatic hydroxyl groups is 1. The van der Waals surface area contributed by atoms with Crippen molar-refractivity contribution >= 4 is 34.3 Å². The molecule has 3 rings (SSSR count). The molecule has 1 aromatic heterocycles. The quantitative estimate of drug-likeness (QED) is 0.214. The van der Waals surface area contributed by atoms with Gasteiger partial charge in [-0.3, -0.25) is 0 Å². The first-order chi connectivity index (χ1) is 16.0. The first-order valence-corrected chi connectivity index (χ1v) is 12.3. The minimum Gasteiger partial charge on any atom is -0.507 e. The molecule has 0 bridgehead atoms. The molecule has 5 nitrogen and oxygen atoms in total. The van der Waals surface area contributed by atoms with Crippen LogP contribution >= 0.6 is 11.3 Å². The lowest BCUT2D eigenvalue weighted by molar-refractivity contribution is 0.0509. The van der Waals surface area contributed by atoms with E-state index >= 15 is 0 Å². The molecule has 3 aromatic rings. The molecule has 1 heterocycles. The monoisotopic (exact) mass is 478 g/mol. The molecule has 180 valence electrons. The third kappa shape index (κ3) is 6.48. The third-order valence-electron chi connectivity index (χ3n) is 5.50. The summed E-state index contributed by atoms with van der Waals surface area (Å²) in [5.74, 6) is -0.138. The number of thiophene rings is 1. The molecule has 0 saturated heterocycles. The Morgan fingerprint density at radius 2 is 1.68 bits per heavy atom. The number of carbonyl (C=O) groups is 1. The second kappa shape index (κ2) is 10.4. The molecule has 0 spiro atoms. The van der Waals surface area contributed by atoms with Gasteiger partial charge in [-0.25, -0.2) is 9.79 Å². The molecule has 0 saturated carbocycles. The third-order valence-corrected chi connectivity index (χ3v) is 6.28. The fraction of sp³-hybridized carbons (Fsp3) is 0.357. The number of hydrogen-bond donors (Lipinski definition) is 2. The van der Waals surface area contributed by atoms with Crippen LogP contribution in [0, 0.1) is 0 Å². The maximum absolute atomic E-state index is 13.0. The van der Waals surface area contributed by atoms with Crippen molar-refractivity contribution in [3.05, 3.63) is 76.2 Å². The number of aliphatic imine (C=N–C) groups is 1. The topological polar surface area (TPSA) is 70.9 Å². The summed E-state index contributed by atoms with van der Waals surface area (Å²) in [5, 5.41) is 17.0. The van der Waals surface area contributed by atoms with Crippen LogP contribution in [0.3, 0.4) is 0 Å². The van der Waals surface area contributed by atoms with Crippen LogP contribution in [0.4, 0.5) is 10.7 Å². The number of ether oxygens (including phenoxy) is 1. The average Bonchev–Trinajstić information content (AvgIpc) is 3.26. The van der Waals surface area contributed by atoms with Crippen LogP contribution in [0.2, 0.25) is 0 Å². The molecule has 2 N–H and O–H groups in total. The van der Waals surface area contributed by atoms with Crippen LogP contribution in [0.5, 0.6) is 5.75 Å². The number of nitrogens with zero attached hydrogens (tertiary/aromatic N) is 1. The van der Waals surface area contributed by atoms with E-state index in [9.17, 15) is 9.90 Å². The predicted octanol–water partition coefficient (Wildman–Crippen LogP) is 7.22. The Labute approximate surface area is 206 Å². The molecule has 0 unspecified atom stereocenters. The van der Waals surface area contributed by atoms with Gasteiger partial charge in [-0.2, -0.15) is 0 Å². The number of rotatable bonds is 7. The van der Waals surface area contributed by atoms with Crippen LogP contribution in [0.15, 0.2) is 58.9 Å². The Hall–Kier alpha value is -3.12. The zero-order chi connectivity index (χ0) is 24.9. The fourth-order valence-corrected chi connectivity index (χ4v) is 4.19. The first-order valence-electron chi connectivity index (χ1n) is 11.4. The number of hydrogen-bond acceptors (Lipinski definition) is 5. The summed E-state index contributed by atoms with van der Waals surface area (Å²) in [4.78, 5) is 17.3. The van der Waals surface area contributed by atoms with Gasteiger partial charge < -0.3 is 15.2 Å². The summed E-state index contributed by atoms with van der Waals surface area (Å²) < 4.78 is 5.65. The fourth-order valence-electron chi connectivity index (χ4n) is 3.62. The minimum atomic E-state index is -0.388. The lowest BCUT2D eigenvalue weighted by Crippen LogP contribution is -2.19. The number of phenols is 1. The zero-order valence-corrected chi connectivity index (χ0v) is 21.6. The minimum absolute atomic E-state index is 0.246. The summed E-state index contributed by atoms with van der Waals surface area (Å²) in [7, 11) is 0. The van der Waals surface area contributed by atoms with Crippen LogP contribution in [-0.2, 0) is 22.0 Å². The van der Waals surface area contributed by atoms with Crippen molar-refractivity contribution in [3.8, 4) is 5.75 Å². The second-order valence-electron chi connectivity index (χ2n) is 10.3. The van der Waals surface area contributed by atoms with E-state index in [1.165, 1.54) is 0 Å². The molecular formula is C28H34N2O3S. The summed E-state index contributed by atoms with van der Waals surface area (Å²) in [6.07, 6.45) is 2.24. The first kappa shape index (κ1) is 25.5. The van der Waals surface area contributed by atoms with Crippen LogP contribution in [-0.4, -0.2) is 24.0 Å². The number of esters is 1. The highest BCUT2D eigenvalue weighted by Gasteiger charge is 2.28. The van der Waals surface area contributed by atoms with Gasteiger partial charge in [0.25, 0.3) is 0 Å². The van der Waals surface area contributed by atoms with Crippen LogP contribution in [0.25, 0.3) is 0 Å². The molecule has 2 aromatic carbocycles. The molecule has 0 radical (unpaired) electrons. The van der Waals surface area contributed by atoms with Gasteiger partial charge in [-0.05, 0) is 52.1 Å². The summed E-state index contributed by atoms with van der Waals surface area (Å²) in [6.45, 7) is 12.4. The molecule has 6 heteroatoms. The average molecular weight is 479 g/mol. The molecule has 0 fully saturated rings. The Balaban J connectivity index is 1.71. The van der Waals surface area contributed by atoms with Gasteiger partial charge in [-0.15, -0.1) is 11.3 Å². The molecule has 0 atom stereocenters. The van der Waals surface area contributed by atoms with E-state index in [2.05, 4.69) is 10.3 Å². The second-order valence-corrected chi connectivity index (χ2v) is 11.2. The highest BCUT2D eigenvalue weighted by Crippen LogP contribution is 2.39. The van der Waals surface area contributed by atoms with E-state index in [-0.39, 0.29) is 29.2 Å². The van der Waals surface area contributed by atoms with E-state index in [4.69, 9.17) is 4.74 Å². The van der Waals surface area contributed by atoms with E-state index in [0.717, 1.165) is 27.4 Å². The SMILES string of the molecule is CC(C)(C)c1cc(C(=O)OCCc2ccccc2N/C=N/c2cccs2)cc(C(C)(C)C)c1O. The number of para-hydroxylation sites is 1. The molecule has 0 aliphatic heterocycles. The van der Waals surface area contributed by atoms with Gasteiger partial charge in [0.1, 0.15) is 10.8 Å². The summed E-state index contributed by atoms with van der Waals surface area (Å²) in [5.41, 5.74) is 3.28. The van der Waals surface area contributed by atoms with E-state index in [1.54, 1.807) is 29.8 Å². The van der Waals surface area contributed by atoms with Gasteiger partial charge >= 0.3 is 5.97 Å². The van der Waals surface area contributed by atoms with Crippen molar-refractivity contribution < 1.29 is 14.6 Å². The largest absolute Gasteiger partial charge is 0.507 e.